The SMILES string of the molecule is CC(C)(C)c1ccc(C2=CC(N)CC2)cc1. The van der Waals surface area contributed by atoms with Gasteiger partial charge in [-0.3, -0.25) is 0 Å². The van der Waals surface area contributed by atoms with E-state index < -0.39 is 0 Å². The van der Waals surface area contributed by atoms with Gasteiger partial charge < -0.3 is 5.73 Å². The number of hydrogen-bond donors (Lipinski definition) is 1. The second-order valence-corrected chi connectivity index (χ2v) is 5.72. The Morgan fingerprint density at radius 1 is 1.12 bits per heavy atom. The standard InChI is InChI=1S/C15H21N/c1-15(2,3)13-7-4-11(5-8-13)12-6-9-14(16)10-12/h4-5,7-8,10,14H,6,9,16H2,1-3H3. The zero-order valence-corrected chi connectivity index (χ0v) is 10.5. The van der Waals surface area contributed by atoms with Crippen molar-refractivity contribution in [3.05, 3.63) is 41.5 Å². The van der Waals surface area contributed by atoms with Crippen LogP contribution < -0.4 is 5.73 Å². The quantitative estimate of drug-likeness (QED) is 0.762. The lowest BCUT2D eigenvalue weighted by Gasteiger charge is -2.19. The highest BCUT2D eigenvalue weighted by Crippen LogP contribution is 2.29. The first kappa shape index (κ1) is 11.4. The molecule has 1 atom stereocenters. The Kier molecular flexibility index (Phi) is 2.90. The van der Waals surface area contributed by atoms with Crippen LogP contribution in [0, 0.1) is 0 Å². The van der Waals surface area contributed by atoms with Crippen LogP contribution in [0.1, 0.15) is 44.7 Å². The molecule has 1 heteroatoms. The molecule has 0 spiro atoms. The van der Waals surface area contributed by atoms with Crippen LogP contribution in [-0.2, 0) is 5.41 Å². The lowest BCUT2D eigenvalue weighted by Crippen LogP contribution is -2.11. The van der Waals surface area contributed by atoms with Gasteiger partial charge in [0.25, 0.3) is 0 Å². The fourth-order valence-electron chi connectivity index (χ4n) is 2.17. The molecule has 2 rings (SSSR count). The molecule has 1 unspecified atom stereocenters. The summed E-state index contributed by atoms with van der Waals surface area (Å²) in [7, 11) is 0. The third-order valence-corrected chi connectivity index (χ3v) is 3.28. The fourth-order valence-corrected chi connectivity index (χ4v) is 2.17. The molecule has 0 heterocycles. The van der Waals surface area contributed by atoms with Crippen LogP contribution in [0.3, 0.4) is 0 Å². The summed E-state index contributed by atoms with van der Waals surface area (Å²) >= 11 is 0. The second-order valence-electron chi connectivity index (χ2n) is 5.72. The Balaban J connectivity index is 2.23. The maximum Gasteiger partial charge on any atom is 0.0232 e. The summed E-state index contributed by atoms with van der Waals surface area (Å²) in [5.41, 5.74) is 10.3. The molecule has 0 aromatic heterocycles. The van der Waals surface area contributed by atoms with Gasteiger partial charge in [-0.2, -0.15) is 0 Å². The van der Waals surface area contributed by atoms with E-state index in [1.807, 2.05) is 0 Å². The number of hydrogen-bond acceptors (Lipinski definition) is 1. The first-order chi connectivity index (χ1) is 7.47. The van der Waals surface area contributed by atoms with Crippen molar-refractivity contribution < 1.29 is 0 Å². The average molecular weight is 215 g/mol. The van der Waals surface area contributed by atoms with Gasteiger partial charge in [-0.05, 0) is 35.0 Å². The third-order valence-electron chi connectivity index (χ3n) is 3.28. The molecular weight excluding hydrogens is 194 g/mol. The van der Waals surface area contributed by atoms with E-state index in [-0.39, 0.29) is 11.5 Å². The van der Waals surface area contributed by atoms with Crippen LogP contribution in [0.15, 0.2) is 30.3 Å². The first-order valence-electron chi connectivity index (χ1n) is 6.04. The molecule has 1 aliphatic carbocycles. The van der Waals surface area contributed by atoms with Crippen LogP contribution in [0.2, 0.25) is 0 Å². The highest BCUT2D eigenvalue weighted by atomic mass is 14.6. The van der Waals surface area contributed by atoms with Gasteiger partial charge in [0, 0.05) is 6.04 Å². The van der Waals surface area contributed by atoms with Crippen molar-refractivity contribution in [2.45, 2.75) is 45.1 Å². The summed E-state index contributed by atoms with van der Waals surface area (Å²) in [5, 5.41) is 0. The molecule has 0 aliphatic heterocycles. The topological polar surface area (TPSA) is 26.0 Å². The van der Waals surface area contributed by atoms with Crippen LogP contribution >= 0.6 is 0 Å². The summed E-state index contributed by atoms with van der Waals surface area (Å²) in [6.07, 6.45) is 4.42. The minimum Gasteiger partial charge on any atom is -0.324 e. The molecule has 1 nitrogen and oxygen atoms in total. The van der Waals surface area contributed by atoms with E-state index >= 15 is 0 Å². The monoisotopic (exact) mass is 215 g/mol. The Bertz CT molecular complexity index is 392. The zero-order valence-electron chi connectivity index (χ0n) is 10.5. The first-order valence-corrected chi connectivity index (χ1v) is 6.04. The number of allylic oxidation sites excluding steroid dienone is 1. The Labute approximate surface area is 98.4 Å². The summed E-state index contributed by atoms with van der Waals surface area (Å²) in [6.45, 7) is 6.73. The van der Waals surface area contributed by atoms with Crippen molar-refractivity contribution in [1.82, 2.24) is 0 Å². The maximum atomic E-state index is 5.89. The predicted octanol–water partition coefficient (Wildman–Crippen LogP) is 3.49. The minimum atomic E-state index is 0.235. The Hall–Kier alpha value is -1.08. The van der Waals surface area contributed by atoms with E-state index in [2.05, 4.69) is 51.1 Å². The third kappa shape index (κ3) is 2.35. The molecule has 16 heavy (non-hydrogen) atoms. The Morgan fingerprint density at radius 3 is 2.19 bits per heavy atom. The van der Waals surface area contributed by atoms with Crippen molar-refractivity contribution in [3.63, 3.8) is 0 Å². The fraction of sp³-hybridized carbons (Fsp3) is 0.467. The molecule has 1 aromatic rings. The number of nitrogens with two attached hydrogens (primary N) is 1. The van der Waals surface area contributed by atoms with Crippen LogP contribution in [0.25, 0.3) is 5.57 Å². The largest absolute Gasteiger partial charge is 0.324 e. The van der Waals surface area contributed by atoms with E-state index in [4.69, 9.17) is 5.73 Å². The molecule has 0 radical (unpaired) electrons. The van der Waals surface area contributed by atoms with Gasteiger partial charge in [0.05, 0.1) is 0 Å². The summed E-state index contributed by atoms with van der Waals surface area (Å²) < 4.78 is 0. The van der Waals surface area contributed by atoms with Gasteiger partial charge in [-0.1, -0.05) is 51.1 Å². The minimum absolute atomic E-state index is 0.235. The van der Waals surface area contributed by atoms with E-state index in [1.165, 1.54) is 16.7 Å². The molecule has 0 saturated carbocycles. The van der Waals surface area contributed by atoms with Gasteiger partial charge in [0.2, 0.25) is 0 Å². The summed E-state index contributed by atoms with van der Waals surface area (Å²) in [5.74, 6) is 0. The van der Waals surface area contributed by atoms with E-state index in [1.54, 1.807) is 0 Å². The highest BCUT2D eigenvalue weighted by molar-refractivity contribution is 5.68. The van der Waals surface area contributed by atoms with Gasteiger partial charge in [-0.25, -0.2) is 0 Å². The molecule has 0 amide bonds. The molecule has 0 saturated heterocycles. The predicted molar refractivity (Wildman–Crippen MR) is 70.3 cm³/mol. The van der Waals surface area contributed by atoms with Gasteiger partial charge >= 0.3 is 0 Å². The van der Waals surface area contributed by atoms with Crippen molar-refractivity contribution >= 4 is 5.57 Å². The van der Waals surface area contributed by atoms with E-state index in [0.29, 0.717) is 0 Å². The average Bonchev–Trinajstić information content (AvgIpc) is 2.64. The van der Waals surface area contributed by atoms with E-state index in [9.17, 15) is 0 Å². The van der Waals surface area contributed by atoms with Gasteiger partial charge in [-0.15, -0.1) is 0 Å². The molecule has 86 valence electrons. The van der Waals surface area contributed by atoms with Crippen molar-refractivity contribution in [3.8, 4) is 0 Å². The maximum absolute atomic E-state index is 5.89. The van der Waals surface area contributed by atoms with Crippen LogP contribution in [0.4, 0.5) is 0 Å². The molecule has 2 N–H and O–H groups in total. The number of benzene rings is 1. The molecule has 0 fully saturated rings. The summed E-state index contributed by atoms with van der Waals surface area (Å²) in [4.78, 5) is 0. The van der Waals surface area contributed by atoms with Crippen molar-refractivity contribution in [2.75, 3.05) is 0 Å². The van der Waals surface area contributed by atoms with E-state index in [0.717, 1.165) is 12.8 Å². The second kappa shape index (κ2) is 4.06. The highest BCUT2D eigenvalue weighted by Gasteiger charge is 2.15. The lowest BCUT2D eigenvalue weighted by atomic mass is 9.86. The van der Waals surface area contributed by atoms with Crippen LogP contribution in [0.5, 0.6) is 0 Å². The summed E-state index contributed by atoms with van der Waals surface area (Å²) in [6, 6.07) is 9.19. The molecular formula is C15H21N. The van der Waals surface area contributed by atoms with Crippen molar-refractivity contribution in [1.29, 1.82) is 0 Å². The molecule has 1 aliphatic rings. The Morgan fingerprint density at radius 2 is 1.75 bits per heavy atom. The van der Waals surface area contributed by atoms with Gasteiger partial charge in [0.15, 0.2) is 0 Å². The molecule has 0 bridgehead atoms. The smallest absolute Gasteiger partial charge is 0.0232 e. The normalized spacial score (nSPS) is 21.0. The van der Waals surface area contributed by atoms with Crippen LogP contribution in [-0.4, -0.2) is 6.04 Å². The van der Waals surface area contributed by atoms with Gasteiger partial charge in [0.1, 0.15) is 0 Å². The number of rotatable bonds is 1. The van der Waals surface area contributed by atoms with Crippen molar-refractivity contribution in [2.24, 2.45) is 5.73 Å². The zero-order chi connectivity index (χ0) is 11.8. The molecule has 1 aromatic carbocycles. The lowest BCUT2D eigenvalue weighted by molar-refractivity contribution is 0.590.